The van der Waals surface area contributed by atoms with Gasteiger partial charge in [0.1, 0.15) is 17.2 Å². The summed E-state index contributed by atoms with van der Waals surface area (Å²) in [7, 11) is 1.56. The molecule has 0 spiro atoms. The highest BCUT2D eigenvalue weighted by molar-refractivity contribution is 7.80. The first-order valence-electron chi connectivity index (χ1n) is 8.72. The molecule has 1 aliphatic rings. The Labute approximate surface area is 164 Å². The van der Waals surface area contributed by atoms with Crippen LogP contribution in [0.2, 0.25) is 0 Å². The molecule has 1 aliphatic heterocycles. The number of para-hydroxylation sites is 2. The van der Waals surface area contributed by atoms with Crippen LogP contribution in [-0.4, -0.2) is 24.7 Å². The average Bonchev–Trinajstić information content (AvgIpc) is 2.93. The van der Waals surface area contributed by atoms with Crippen LogP contribution in [0.15, 0.2) is 54.2 Å². The summed E-state index contributed by atoms with van der Waals surface area (Å²) in [6.45, 7) is 4.84. The maximum atomic E-state index is 12.9. The summed E-state index contributed by atoms with van der Waals surface area (Å²) < 4.78 is 11.1. The van der Waals surface area contributed by atoms with E-state index in [4.69, 9.17) is 21.7 Å². The van der Waals surface area contributed by atoms with Gasteiger partial charge in [-0.15, -0.1) is 0 Å². The van der Waals surface area contributed by atoms with Crippen molar-refractivity contribution in [2.45, 2.75) is 13.8 Å². The fourth-order valence-electron chi connectivity index (χ4n) is 2.69. The highest BCUT2D eigenvalue weighted by Crippen LogP contribution is 2.31. The molecule has 0 aliphatic carbocycles. The largest absolute Gasteiger partial charge is 0.495 e. The van der Waals surface area contributed by atoms with Crippen LogP contribution in [0.1, 0.15) is 19.4 Å². The third-order valence-electron chi connectivity index (χ3n) is 3.96. The molecule has 6 heteroatoms. The number of ether oxygens (including phenoxy) is 2. The number of hydrogen-bond donors (Lipinski definition) is 1. The maximum absolute atomic E-state index is 12.9. The standard InChI is InChI=1S/C21H22N2O3S/c1-14(2)13-26-16-8-6-7-15(11-16)12-17-20(24)23(21(27)22-17)18-9-4-5-10-19(18)25-3/h4-12,14H,13H2,1-3H3,(H,22,27)/b17-12+. The van der Waals surface area contributed by atoms with E-state index in [1.807, 2.05) is 36.4 Å². The van der Waals surface area contributed by atoms with Crippen LogP contribution in [0.5, 0.6) is 11.5 Å². The molecule has 1 amide bonds. The van der Waals surface area contributed by atoms with E-state index in [1.165, 1.54) is 4.90 Å². The van der Waals surface area contributed by atoms with E-state index in [9.17, 15) is 4.79 Å². The summed E-state index contributed by atoms with van der Waals surface area (Å²) in [5.74, 6) is 1.57. The smallest absolute Gasteiger partial charge is 0.281 e. The fraction of sp³-hybridized carbons (Fsp3) is 0.238. The lowest BCUT2D eigenvalue weighted by Crippen LogP contribution is -2.30. The number of thiocarbonyl (C=S) groups is 1. The molecule has 1 heterocycles. The van der Waals surface area contributed by atoms with Gasteiger partial charge in [-0.2, -0.15) is 0 Å². The Kier molecular flexibility index (Phi) is 5.76. The summed E-state index contributed by atoms with van der Waals surface area (Å²) in [6, 6.07) is 14.9. The molecule has 3 rings (SSSR count). The number of benzene rings is 2. The van der Waals surface area contributed by atoms with Gasteiger partial charge in [0.05, 0.1) is 19.4 Å². The molecule has 2 aromatic rings. The van der Waals surface area contributed by atoms with Gasteiger partial charge in [-0.1, -0.05) is 38.1 Å². The second-order valence-corrected chi connectivity index (χ2v) is 6.96. The molecular weight excluding hydrogens is 360 g/mol. The van der Waals surface area contributed by atoms with Gasteiger partial charge in [0.2, 0.25) is 0 Å². The van der Waals surface area contributed by atoms with Gasteiger partial charge in [-0.05, 0) is 54.0 Å². The number of methoxy groups -OCH3 is 1. The summed E-state index contributed by atoms with van der Waals surface area (Å²) in [6.07, 6.45) is 1.77. The van der Waals surface area contributed by atoms with Gasteiger partial charge >= 0.3 is 0 Å². The Hall–Kier alpha value is -2.86. The van der Waals surface area contributed by atoms with E-state index in [0.717, 1.165) is 11.3 Å². The Balaban J connectivity index is 1.85. The van der Waals surface area contributed by atoms with Crippen LogP contribution in [0.4, 0.5) is 5.69 Å². The van der Waals surface area contributed by atoms with E-state index in [1.54, 1.807) is 25.3 Å². The Morgan fingerprint density at radius 1 is 1.19 bits per heavy atom. The monoisotopic (exact) mass is 382 g/mol. The van der Waals surface area contributed by atoms with Gasteiger partial charge in [0, 0.05) is 0 Å². The highest BCUT2D eigenvalue weighted by atomic mass is 32.1. The van der Waals surface area contributed by atoms with Gasteiger partial charge in [0.25, 0.3) is 5.91 Å². The highest BCUT2D eigenvalue weighted by Gasteiger charge is 2.33. The molecule has 0 atom stereocenters. The molecule has 0 unspecified atom stereocenters. The van der Waals surface area contributed by atoms with Crippen molar-refractivity contribution < 1.29 is 14.3 Å². The zero-order valence-corrected chi connectivity index (χ0v) is 16.4. The number of carbonyl (C=O) groups excluding carboxylic acids is 1. The number of carbonyl (C=O) groups is 1. The molecule has 0 saturated carbocycles. The first-order chi connectivity index (χ1) is 13.0. The summed E-state index contributed by atoms with van der Waals surface area (Å²) in [5, 5.41) is 3.32. The van der Waals surface area contributed by atoms with Gasteiger partial charge in [0.15, 0.2) is 5.11 Å². The molecular formula is C21H22N2O3S. The Morgan fingerprint density at radius 2 is 1.96 bits per heavy atom. The second kappa shape index (κ2) is 8.22. The lowest BCUT2D eigenvalue weighted by atomic mass is 10.1. The molecule has 5 nitrogen and oxygen atoms in total. The van der Waals surface area contributed by atoms with Crippen LogP contribution < -0.4 is 19.7 Å². The Bertz CT molecular complexity index is 893. The van der Waals surface area contributed by atoms with Crippen molar-refractivity contribution in [1.82, 2.24) is 5.32 Å². The number of anilines is 1. The summed E-state index contributed by atoms with van der Waals surface area (Å²) in [5.41, 5.74) is 1.88. The van der Waals surface area contributed by atoms with Crippen LogP contribution in [0.25, 0.3) is 6.08 Å². The van der Waals surface area contributed by atoms with Crippen LogP contribution in [0, 0.1) is 5.92 Å². The van der Waals surface area contributed by atoms with Crippen LogP contribution >= 0.6 is 12.2 Å². The molecule has 2 aromatic carbocycles. The van der Waals surface area contributed by atoms with E-state index in [2.05, 4.69) is 19.2 Å². The molecule has 0 bridgehead atoms. The SMILES string of the molecule is COc1ccccc1N1C(=O)/C(=C\c2cccc(OCC(C)C)c2)NC1=S. The predicted octanol–water partition coefficient (Wildman–Crippen LogP) is 3.99. The molecule has 0 radical (unpaired) electrons. The zero-order chi connectivity index (χ0) is 19.4. The predicted molar refractivity (Wildman–Crippen MR) is 111 cm³/mol. The van der Waals surface area contributed by atoms with Gasteiger partial charge in [-0.3, -0.25) is 4.79 Å². The van der Waals surface area contributed by atoms with Crippen LogP contribution in [-0.2, 0) is 4.79 Å². The van der Waals surface area contributed by atoms with E-state index < -0.39 is 0 Å². The minimum absolute atomic E-state index is 0.224. The van der Waals surface area contributed by atoms with Crippen molar-refractivity contribution in [3.05, 3.63) is 59.8 Å². The second-order valence-electron chi connectivity index (χ2n) is 6.58. The topological polar surface area (TPSA) is 50.8 Å². The summed E-state index contributed by atoms with van der Waals surface area (Å²) >= 11 is 5.37. The van der Waals surface area contributed by atoms with Crippen molar-refractivity contribution in [2.24, 2.45) is 5.92 Å². The van der Waals surface area contributed by atoms with E-state index in [-0.39, 0.29) is 5.91 Å². The van der Waals surface area contributed by atoms with Crippen molar-refractivity contribution in [3.8, 4) is 11.5 Å². The minimum atomic E-state index is -0.224. The molecule has 1 fully saturated rings. The van der Waals surface area contributed by atoms with E-state index >= 15 is 0 Å². The van der Waals surface area contributed by atoms with E-state index in [0.29, 0.717) is 34.8 Å². The molecule has 1 N–H and O–H groups in total. The van der Waals surface area contributed by atoms with Gasteiger partial charge < -0.3 is 14.8 Å². The maximum Gasteiger partial charge on any atom is 0.281 e. The van der Waals surface area contributed by atoms with Gasteiger partial charge in [-0.25, -0.2) is 4.90 Å². The lowest BCUT2D eigenvalue weighted by molar-refractivity contribution is -0.113. The Morgan fingerprint density at radius 3 is 2.70 bits per heavy atom. The normalized spacial score (nSPS) is 15.4. The van der Waals surface area contributed by atoms with Crippen LogP contribution in [0.3, 0.4) is 0 Å². The molecule has 1 saturated heterocycles. The third-order valence-corrected chi connectivity index (χ3v) is 4.24. The van der Waals surface area contributed by atoms with Crippen molar-refractivity contribution in [3.63, 3.8) is 0 Å². The quantitative estimate of drug-likeness (QED) is 0.605. The number of rotatable bonds is 6. The lowest BCUT2D eigenvalue weighted by Gasteiger charge is -2.17. The third kappa shape index (κ3) is 4.28. The first kappa shape index (κ1) is 18.9. The molecule has 0 aromatic heterocycles. The number of nitrogens with one attached hydrogen (secondary N) is 1. The minimum Gasteiger partial charge on any atom is -0.495 e. The molecule has 27 heavy (non-hydrogen) atoms. The zero-order valence-electron chi connectivity index (χ0n) is 15.6. The van der Waals surface area contributed by atoms with Crippen molar-refractivity contribution in [1.29, 1.82) is 0 Å². The van der Waals surface area contributed by atoms with Crippen molar-refractivity contribution >= 4 is 35.0 Å². The molecule has 140 valence electrons. The fourth-order valence-corrected chi connectivity index (χ4v) is 2.98. The van der Waals surface area contributed by atoms with Crippen molar-refractivity contribution in [2.75, 3.05) is 18.6 Å². The first-order valence-corrected chi connectivity index (χ1v) is 9.13. The number of amides is 1. The summed E-state index contributed by atoms with van der Waals surface area (Å²) in [4.78, 5) is 14.4. The number of nitrogens with zero attached hydrogens (tertiary/aromatic N) is 1. The average molecular weight is 382 g/mol. The number of hydrogen-bond acceptors (Lipinski definition) is 4.